The van der Waals surface area contributed by atoms with E-state index in [4.69, 9.17) is 0 Å². The standard InChI is InChI=1S/C11H20S/c1-9(2)8-10(3)12-11-6-4-5-7-11/h8,10-11H,4-7H2,1-3H3. The maximum absolute atomic E-state index is 2.38. The summed E-state index contributed by atoms with van der Waals surface area (Å²) < 4.78 is 0. The van der Waals surface area contributed by atoms with Gasteiger partial charge in [-0.15, -0.1) is 0 Å². The first-order chi connectivity index (χ1) is 5.68. The van der Waals surface area contributed by atoms with E-state index in [1.54, 1.807) is 0 Å². The van der Waals surface area contributed by atoms with Crippen LogP contribution in [0.2, 0.25) is 0 Å². The van der Waals surface area contributed by atoms with Gasteiger partial charge in [0.2, 0.25) is 0 Å². The molecule has 0 aliphatic heterocycles. The van der Waals surface area contributed by atoms with Crippen LogP contribution in [0.5, 0.6) is 0 Å². The molecule has 0 saturated heterocycles. The second-order valence-electron chi connectivity index (χ2n) is 3.99. The average Bonchev–Trinajstić information content (AvgIpc) is 2.37. The molecule has 1 unspecified atom stereocenters. The summed E-state index contributed by atoms with van der Waals surface area (Å²) in [6.45, 7) is 6.69. The number of rotatable bonds is 3. The van der Waals surface area contributed by atoms with Gasteiger partial charge in [0.25, 0.3) is 0 Å². The van der Waals surface area contributed by atoms with Crippen LogP contribution in [0.1, 0.15) is 46.5 Å². The summed E-state index contributed by atoms with van der Waals surface area (Å²) in [7, 11) is 0. The predicted molar refractivity (Wildman–Crippen MR) is 58.7 cm³/mol. The van der Waals surface area contributed by atoms with E-state index in [0.717, 1.165) is 10.5 Å². The zero-order valence-electron chi connectivity index (χ0n) is 8.47. The van der Waals surface area contributed by atoms with Gasteiger partial charge in [-0.2, -0.15) is 11.8 Å². The highest BCUT2D eigenvalue weighted by Crippen LogP contribution is 2.32. The minimum Gasteiger partial charge on any atom is -0.151 e. The zero-order chi connectivity index (χ0) is 8.97. The van der Waals surface area contributed by atoms with Crippen LogP contribution in [0, 0.1) is 0 Å². The van der Waals surface area contributed by atoms with E-state index in [9.17, 15) is 0 Å². The maximum atomic E-state index is 2.38. The van der Waals surface area contributed by atoms with Gasteiger partial charge in [-0.3, -0.25) is 0 Å². The Morgan fingerprint density at radius 3 is 2.42 bits per heavy atom. The fraction of sp³-hybridized carbons (Fsp3) is 0.818. The van der Waals surface area contributed by atoms with Crippen LogP contribution >= 0.6 is 11.8 Å². The number of thioether (sulfide) groups is 1. The summed E-state index contributed by atoms with van der Waals surface area (Å²) in [5.41, 5.74) is 1.45. The Morgan fingerprint density at radius 2 is 1.92 bits per heavy atom. The van der Waals surface area contributed by atoms with Crippen molar-refractivity contribution in [2.75, 3.05) is 0 Å². The zero-order valence-corrected chi connectivity index (χ0v) is 9.29. The SMILES string of the molecule is CC(C)=CC(C)SC1CCCC1. The van der Waals surface area contributed by atoms with Gasteiger partial charge in [-0.25, -0.2) is 0 Å². The molecule has 0 aromatic carbocycles. The van der Waals surface area contributed by atoms with Gasteiger partial charge in [0.15, 0.2) is 0 Å². The van der Waals surface area contributed by atoms with Gasteiger partial charge < -0.3 is 0 Å². The molecule has 0 aromatic rings. The topological polar surface area (TPSA) is 0 Å². The van der Waals surface area contributed by atoms with E-state index in [0.29, 0.717) is 0 Å². The molecular formula is C11H20S. The van der Waals surface area contributed by atoms with Crippen molar-refractivity contribution < 1.29 is 0 Å². The van der Waals surface area contributed by atoms with Crippen LogP contribution in [0.15, 0.2) is 11.6 Å². The maximum Gasteiger partial charge on any atom is 0.0203 e. The molecule has 0 nitrogen and oxygen atoms in total. The van der Waals surface area contributed by atoms with Gasteiger partial charge >= 0.3 is 0 Å². The predicted octanol–water partition coefficient (Wildman–Crippen LogP) is 4.02. The van der Waals surface area contributed by atoms with E-state index in [1.807, 2.05) is 0 Å². The lowest BCUT2D eigenvalue weighted by Gasteiger charge is -2.12. The molecule has 1 fully saturated rings. The number of hydrogen-bond acceptors (Lipinski definition) is 1. The Bertz CT molecular complexity index is 150. The summed E-state index contributed by atoms with van der Waals surface area (Å²) >= 11 is 2.16. The molecule has 1 heteroatoms. The van der Waals surface area contributed by atoms with E-state index in [1.165, 1.54) is 31.3 Å². The van der Waals surface area contributed by atoms with Crippen molar-refractivity contribution in [2.45, 2.75) is 57.0 Å². The van der Waals surface area contributed by atoms with Gasteiger partial charge in [-0.05, 0) is 33.6 Å². The van der Waals surface area contributed by atoms with Crippen LogP contribution in [-0.2, 0) is 0 Å². The van der Waals surface area contributed by atoms with Crippen LogP contribution in [0.3, 0.4) is 0 Å². The van der Waals surface area contributed by atoms with Crippen LogP contribution in [-0.4, -0.2) is 10.5 Å². The summed E-state index contributed by atoms with van der Waals surface area (Å²) in [5.74, 6) is 0. The first-order valence-corrected chi connectivity index (χ1v) is 5.93. The minimum absolute atomic E-state index is 0.720. The summed E-state index contributed by atoms with van der Waals surface area (Å²) in [6.07, 6.45) is 8.19. The third-order valence-electron chi connectivity index (χ3n) is 2.28. The Labute approximate surface area is 80.8 Å². The second-order valence-corrected chi connectivity index (χ2v) is 5.67. The lowest BCUT2D eigenvalue weighted by molar-refractivity contribution is 0.886. The molecule has 0 aromatic heterocycles. The van der Waals surface area contributed by atoms with E-state index >= 15 is 0 Å². The molecule has 1 saturated carbocycles. The third-order valence-corrected chi connectivity index (χ3v) is 3.70. The van der Waals surface area contributed by atoms with Crippen molar-refractivity contribution in [3.63, 3.8) is 0 Å². The van der Waals surface area contributed by atoms with Gasteiger partial charge in [0.05, 0.1) is 0 Å². The first-order valence-electron chi connectivity index (χ1n) is 4.99. The molecule has 1 aliphatic rings. The van der Waals surface area contributed by atoms with Gasteiger partial charge in [-0.1, -0.05) is 24.5 Å². The lowest BCUT2D eigenvalue weighted by Crippen LogP contribution is -2.01. The van der Waals surface area contributed by atoms with E-state index in [2.05, 4.69) is 38.6 Å². The molecule has 0 N–H and O–H groups in total. The highest BCUT2D eigenvalue weighted by atomic mass is 32.2. The van der Waals surface area contributed by atoms with Crippen molar-refractivity contribution >= 4 is 11.8 Å². The van der Waals surface area contributed by atoms with Crippen molar-refractivity contribution in [1.29, 1.82) is 0 Å². The highest BCUT2D eigenvalue weighted by molar-refractivity contribution is 8.00. The third kappa shape index (κ3) is 3.66. The quantitative estimate of drug-likeness (QED) is 0.597. The molecule has 0 bridgehead atoms. The van der Waals surface area contributed by atoms with Crippen LogP contribution in [0.4, 0.5) is 0 Å². The van der Waals surface area contributed by atoms with E-state index < -0.39 is 0 Å². The molecule has 0 amide bonds. The molecule has 12 heavy (non-hydrogen) atoms. The molecule has 0 radical (unpaired) electrons. The monoisotopic (exact) mass is 184 g/mol. The van der Waals surface area contributed by atoms with Crippen molar-refractivity contribution in [1.82, 2.24) is 0 Å². The van der Waals surface area contributed by atoms with E-state index in [-0.39, 0.29) is 0 Å². The Balaban J connectivity index is 2.25. The molecule has 1 rings (SSSR count). The first kappa shape index (κ1) is 10.2. The van der Waals surface area contributed by atoms with Crippen molar-refractivity contribution in [3.8, 4) is 0 Å². The fourth-order valence-electron chi connectivity index (χ4n) is 1.84. The highest BCUT2D eigenvalue weighted by Gasteiger charge is 2.16. The number of hydrogen-bond donors (Lipinski definition) is 0. The normalized spacial score (nSPS) is 20.9. The van der Waals surface area contributed by atoms with Crippen molar-refractivity contribution in [3.05, 3.63) is 11.6 Å². The Hall–Kier alpha value is 0.0900. The molecule has 0 spiro atoms. The Kier molecular flexibility index (Phi) is 4.20. The smallest absolute Gasteiger partial charge is 0.0203 e. The second kappa shape index (κ2) is 4.96. The fourth-order valence-corrected chi connectivity index (χ4v) is 3.40. The molecule has 1 aliphatic carbocycles. The Morgan fingerprint density at radius 1 is 1.33 bits per heavy atom. The summed E-state index contributed by atoms with van der Waals surface area (Å²) in [5, 5.41) is 1.67. The van der Waals surface area contributed by atoms with Crippen LogP contribution < -0.4 is 0 Å². The van der Waals surface area contributed by atoms with Crippen LogP contribution in [0.25, 0.3) is 0 Å². The largest absolute Gasteiger partial charge is 0.151 e. The van der Waals surface area contributed by atoms with Crippen molar-refractivity contribution in [2.24, 2.45) is 0 Å². The molecule has 0 heterocycles. The number of allylic oxidation sites excluding steroid dienone is 1. The van der Waals surface area contributed by atoms with Gasteiger partial charge in [0, 0.05) is 10.5 Å². The molecular weight excluding hydrogens is 164 g/mol. The molecule has 1 atom stereocenters. The lowest BCUT2D eigenvalue weighted by atomic mass is 10.3. The summed E-state index contributed by atoms with van der Waals surface area (Å²) in [4.78, 5) is 0. The van der Waals surface area contributed by atoms with Gasteiger partial charge in [0.1, 0.15) is 0 Å². The molecule has 70 valence electrons. The summed E-state index contributed by atoms with van der Waals surface area (Å²) in [6, 6.07) is 0. The average molecular weight is 184 g/mol. The minimum atomic E-state index is 0.720.